The summed E-state index contributed by atoms with van der Waals surface area (Å²) in [6.45, 7) is 0. The zero-order chi connectivity index (χ0) is 16.5. The number of amides is 1. The first-order valence-corrected chi connectivity index (χ1v) is 8.88. The Balaban J connectivity index is 2.35. The third-order valence-corrected chi connectivity index (χ3v) is 4.79. The second kappa shape index (κ2) is 6.28. The largest absolute Gasteiger partial charge is 0.311 e. The number of rotatable bonds is 3. The molecule has 2 aromatic rings. The third kappa shape index (κ3) is 3.61. The maximum Gasteiger partial charge on any atom is 0.259 e. The first-order valence-electron chi connectivity index (χ1n) is 6.23. The standard InChI is InChI=1S/C15H13Cl2NO3S/c1-18(11-5-3-10(16)4-6-11)15(19)13-8-7-12(9-14(13)17)22(2,20)21/h3-9H,1-2H3. The molecule has 0 fully saturated rings. The Hall–Kier alpha value is -1.56. The first-order chi connectivity index (χ1) is 10.2. The Kier molecular flexibility index (Phi) is 4.80. The highest BCUT2D eigenvalue weighted by Crippen LogP contribution is 2.24. The second-order valence-electron chi connectivity index (χ2n) is 4.75. The van der Waals surface area contributed by atoms with Crippen LogP contribution in [-0.4, -0.2) is 27.6 Å². The van der Waals surface area contributed by atoms with E-state index in [2.05, 4.69) is 0 Å². The molecule has 0 heterocycles. The Morgan fingerprint density at radius 1 is 1.05 bits per heavy atom. The quantitative estimate of drug-likeness (QED) is 0.841. The summed E-state index contributed by atoms with van der Waals surface area (Å²) in [6, 6.07) is 10.8. The average molecular weight is 358 g/mol. The van der Waals surface area contributed by atoms with Gasteiger partial charge in [-0.05, 0) is 42.5 Å². The molecule has 0 radical (unpaired) electrons. The van der Waals surface area contributed by atoms with Crippen LogP contribution in [0, 0.1) is 0 Å². The van der Waals surface area contributed by atoms with E-state index in [-0.39, 0.29) is 21.4 Å². The van der Waals surface area contributed by atoms with Gasteiger partial charge in [-0.25, -0.2) is 8.42 Å². The van der Waals surface area contributed by atoms with Gasteiger partial charge >= 0.3 is 0 Å². The van der Waals surface area contributed by atoms with Crippen molar-refractivity contribution >= 4 is 44.6 Å². The van der Waals surface area contributed by atoms with E-state index in [1.165, 1.54) is 23.1 Å². The molecule has 116 valence electrons. The smallest absolute Gasteiger partial charge is 0.259 e. The van der Waals surface area contributed by atoms with Crippen molar-refractivity contribution in [2.75, 3.05) is 18.2 Å². The van der Waals surface area contributed by atoms with Gasteiger partial charge in [0.25, 0.3) is 5.91 Å². The van der Waals surface area contributed by atoms with E-state index in [9.17, 15) is 13.2 Å². The molecule has 4 nitrogen and oxygen atoms in total. The molecule has 0 unspecified atom stereocenters. The molecular weight excluding hydrogens is 345 g/mol. The van der Waals surface area contributed by atoms with Crippen LogP contribution in [0.2, 0.25) is 10.0 Å². The maximum atomic E-state index is 12.5. The molecule has 2 rings (SSSR count). The number of hydrogen-bond acceptors (Lipinski definition) is 3. The topological polar surface area (TPSA) is 54.5 Å². The summed E-state index contributed by atoms with van der Waals surface area (Å²) in [7, 11) is -1.77. The normalized spacial score (nSPS) is 11.3. The minimum Gasteiger partial charge on any atom is -0.311 e. The molecule has 7 heteroatoms. The van der Waals surface area contributed by atoms with Crippen molar-refractivity contribution in [2.24, 2.45) is 0 Å². The zero-order valence-corrected chi connectivity index (χ0v) is 14.2. The summed E-state index contributed by atoms with van der Waals surface area (Å²) in [5.74, 6) is -0.340. The molecule has 0 N–H and O–H groups in total. The maximum absolute atomic E-state index is 12.5. The van der Waals surface area contributed by atoms with Crippen molar-refractivity contribution in [2.45, 2.75) is 4.90 Å². The summed E-state index contributed by atoms with van der Waals surface area (Å²) in [5, 5.41) is 0.661. The van der Waals surface area contributed by atoms with Crippen LogP contribution >= 0.6 is 23.2 Å². The third-order valence-electron chi connectivity index (χ3n) is 3.12. The Bertz CT molecular complexity index is 817. The van der Waals surface area contributed by atoms with Crippen LogP contribution in [0.25, 0.3) is 0 Å². The van der Waals surface area contributed by atoms with Crippen LogP contribution in [0.4, 0.5) is 5.69 Å². The van der Waals surface area contributed by atoms with Gasteiger partial charge in [0.15, 0.2) is 9.84 Å². The molecule has 0 saturated carbocycles. The van der Waals surface area contributed by atoms with Gasteiger partial charge in [-0.1, -0.05) is 23.2 Å². The van der Waals surface area contributed by atoms with E-state index in [4.69, 9.17) is 23.2 Å². The predicted molar refractivity (Wildman–Crippen MR) is 88.7 cm³/mol. The molecular formula is C15H13Cl2NO3S. The number of hydrogen-bond donors (Lipinski definition) is 0. The lowest BCUT2D eigenvalue weighted by Gasteiger charge is -2.18. The molecule has 0 spiro atoms. The van der Waals surface area contributed by atoms with Gasteiger partial charge < -0.3 is 4.90 Å². The monoisotopic (exact) mass is 357 g/mol. The van der Waals surface area contributed by atoms with Crippen LogP contribution < -0.4 is 4.90 Å². The number of carbonyl (C=O) groups excluding carboxylic acids is 1. The second-order valence-corrected chi connectivity index (χ2v) is 7.61. The minimum atomic E-state index is -3.37. The Morgan fingerprint density at radius 2 is 1.64 bits per heavy atom. The van der Waals surface area contributed by atoms with Crippen LogP contribution in [0.3, 0.4) is 0 Å². The molecule has 0 aliphatic rings. The Labute approximate surface area is 139 Å². The van der Waals surface area contributed by atoms with E-state index in [1.54, 1.807) is 31.3 Å². The zero-order valence-electron chi connectivity index (χ0n) is 11.9. The van der Waals surface area contributed by atoms with Gasteiger partial charge in [-0.15, -0.1) is 0 Å². The predicted octanol–water partition coefficient (Wildman–Crippen LogP) is 3.67. The van der Waals surface area contributed by atoms with Gasteiger partial charge in [0.05, 0.1) is 15.5 Å². The summed E-state index contributed by atoms with van der Waals surface area (Å²) in [5.41, 5.74) is 0.879. The van der Waals surface area contributed by atoms with Crippen molar-refractivity contribution in [1.82, 2.24) is 0 Å². The molecule has 0 aromatic heterocycles. The fourth-order valence-electron chi connectivity index (χ4n) is 1.86. The Morgan fingerprint density at radius 3 is 2.14 bits per heavy atom. The SMILES string of the molecule is CN(C(=O)c1ccc(S(C)(=O)=O)cc1Cl)c1ccc(Cl)cc1. The van der Waals surface area contributed by atoms with E-state index >= 15 is 0 Å². The van der Waals surface area contributed by atoms with Gasteiger partial charge in [0, 0.05) is 24.0 Å². The van der Waals surface area contributed by atoms with Crippen molar-refractivity contribution in [3.63, 3.8) is 0 Å². The van der Waals surface area contributed by atoms with E-state index < -0.39 is 9.84 Å². The average Bonchev–Trinajstić information content (AvgIpc) is 2.45. The molecule has 22 heavy (non-hydrogen) atoms. The summed E-state index contributed by atoms with van der Waals surface area (Å²) >= 11 is 11.9. The number of halogens is 2. The highest BCUT2D eigenvalue weighted by molar-refractivity contribution is 7.90. The summed E-state index contributed by atoms with van der Waals surface area (Å²) < 4.78 is 23.0. The van der Waals surface area contributed by atoms with Gasteiger partial charge in [0.1, 0.15) is 0 Å². The number of anilines is 1. The lowest BCUT2D eigenvalue weighted by molar-refractivity contribution is 0.0993. The lowest BCUT2D eigenvalue weighted by Crippen LogP contribution is -2.26. The molecule has 0 atom stereocenters. The molecule has 2 aromatic carbocycles. The number of benzene rings is 2. The van der Waals surface area contributed by atoms with Crippen LogP contribution in [-0.2, 0) is 9.84 Å². The highest BCUT2D eigenvalue weighted by atomic mass is 35.5. The molecule has 0 aliphatic heterocycles. The fourth-order valence-corrected chi connectivity index (χ4v) is 2.96. The van der Waals surface area contributed by atoms with E-state index in [0.29, 0.717) is 10.7 Å². The molecule has 0 saturated heterocycles. The lowest BCUT2D eigenvalue weighted by atomic mass is 10.2. The first kappa shape index (κ1) is 16.8. The van der Waals surface area contributed by atoms with Gasteiger partial charge in [-0.2, -0.15) is 0 Å². The minimum absolute atomic E-state index is 0.0724. The summed E-state index contributed by atoms with van der Waals surface area (Å²) in [6.07, 6.45) is 1.08. The van der Waals surface area contributed by atoms with Crippen molar-refractivity contribution in [3.05, 3.63) is 58.1 Å². The van der Waals surface area contributed by atoms with E-state index in [1.807, 2.05) is 0 Å². The summed E-state index contributed by atoms with van der Waals surface area (Å²) in [4.78, 5) is 14.0. The molecule has 1 amide bonds. The van der Waals surface area contributed by atoms with Crippen LogP contribution in [0.15, 0.2) is 47.4 Å². The van der Waals surface area contributed by atoms with E-state index in [0.717, 1.165) is 6.26 Å². The number of nitrogens with zero attached hydrogens (tertiary/aromatic N) is 1. The van der Waals surface area contributed by atoms with Crippen molar-refractivity contribution in [1.29, 1.82) is 0 Å². The fraction of sp³-hybridized carbons (Fsp3) is 0.133. The van der Waals surface area contributed by atoms with Crippen molar-refractivity contribution in [3.8, 4) is 0 Å². The van der Waals surface area contributed by atoms with Gasteiger partial charge in [-0.3, -0.25) is 4.79 Å². The van der Waals surface area contributed by atoms with Gasteiger partial charge in [0.2, 0.25) is 0 Å². The molecule has 0 bridgehead atoms. The molecule has 0 aliphatic carbocycles. The highest BCUT2D eigenvalue weighted by Gasteiger charge is 2.18. The van der Waals surface area contributed by atoms with Crippen LogP contribution in [0.5, 0.6) is 0 Å². The number of sulfone groups is 1. The van der Waals surface area contributed by atoms with Crippen molar-refractivity contribution < 1.29 is 13.2 Å². The van der Waals surface area contributed by atoms with Crippen LogP contribution in [0.1, 0.15) is 10.4 Å². The number of carbonyl (C=O) groups is 1.